The van der Waals surface area contributed by atoms with Gasteiger partial charge in [0.1, 0.15) is 5.75 Å². The molecule has 4 aromatic rings. The molecule has 0 radical (unpaired) electrons. The quantitative estimate of drug-likeness (QED) is 0.295. The molecule has 0 atom stereocenters. The Morgan fingerprint density at radius 1 is 1.09 bits per heavy atom. The molecule has 2 heterocycles. The summed E-state index contributed by atoms with van der Waals surface area (Å²) in [5.74, 6) is 0.983. The van der Waals surface area contributed by atoms with Crippen molar-refractivity contribution in [2.45, 2.75) is 13.5 Å². The summed E-state index contributed by atoms with van der Waals surface area (Å²) in [5.41, 5.74) is 2.42. The number of aromatic nitrogens is 2. The monoisotopic (exact) mass is 481 g/mol. The van der Waals surface area contributed by atoms with Crippen LogP contribution in [0.5, 0.6) is 11.6 Å². The van der Waals surface area contributed by atoms with Crippen molar-refractivity contribution in [3.8, 4) is 17.3 Å². The minimum atomic E-state index is -0.0578. The van der Waals surface area contributed by atoms with Crippen molar-refractivity contribution < 1.29 is 14.3 Å². The van der Waals surface area contributed by atoms with Crippen LogP contribution in [0.4, 0.5) is 0 Å². The topological polar surface area (TPSA) is 56.6 Å². The summed E-state index contributed by atoms with van der Waals surface area (Å²) < 4.78 is 13.3. The van der Waals surface area contributed by atoms with Crippen molar-refractivity contribution in [3.05, 3.63) is 93.3 Å². The van der Waals surface area contributed by atoms with Gasteiger partial charge in [-0.3, -0.25) is 4.79 Å². The number of ether oxygens (including phenoxy) is 2. The molecule has 0 bridgehead atoms. The number of thiophene rings is 1. The number of carbonyl (C=O) groups excluding carboxylic acids is 1. The lowest BCUT2D eigenvalue weighted by atomic mass is 10.2. The number of carbonyl (C=O) groups is 1. The normalized spacial score (nSPS) is 10.9. The molecule has 0 aliphatic heterocycles. The second-order valence-corrected chi connectivity index (χ2v) is 8.70. The third-order valence-electron chi connectivity index (χ3n) is 5.11. The number of benzene rings is 2. The van der Waals surface area contributed by atoms with Crippen LogP contribution in [0.2, 0.25) is 5.02 Å². The zero-order valence-electron chi connectivity index (χ0n) is 18.4. The van der Waals surface area contributed by atoms with Gasteiger partial charge >= 0.3 is 0 Å². The fraction of sp³-hybridized carbons (Fsp3) is 0.200. The standard InChI is InChI=1S/C25H24ClN3O3S/c1-18-20(17-28(14-15-31-2)24(30)23-13-8-16-33-23)25(32-22-12-7-6-11-21(22)26)29(27-18)19-9-4-3-5-10-19/h3-13,16H,14-15,17H2,1-2H3. The molecule has 6 nitrogen and oxygen atoms in total. The van der Waals surface area contributed by atoms with Gasteiger partial charge in [-0.2, -0.15) is 5.10 Å². The molecule has 8 heteroatoms. The molecule has 1 amide bonds. The number of halogens is 1. The van der Waals surface area contributed by atoms with Crippen LogP contribution in [0.15, 0.2) is 72.1 Å². The lowest BCUT2D eigenvalue weighted by Crippen LogP contribution is -2.33. The van der Waals surface area contributed by atoms with Gasteiger partial charge in [0.15, 0.2) is 0 Å². The molecule has 0 fully saturated rings. The third-order valence-corrected chi connectivity index (χ3v) is 6.28. The second-order valence-electron chi connectivity index (χ2n) is 7.35. The summed E-state index contributed by atoms with van der Waals surface area (Å²) in [5, 5.41) is 7.13. The van der Waals surface area contributed by atoms with E-state index in [1.807, 2.05) is 73.0 Å². The maximum absolute atomic E-state index is 13.2. The van der Waals surface area contributed by atoms with Crippen LogP contribution in [0.3, 0.4) is 0 Å². The maximum atomic E-state index is 13.2. The lowest BCUT2D eigenvalue weighted by Gasteiger charge is -2.22. The number of aryl methyl sites for hydroxylation is 1. The van der Waals surface area contributed by atoms with Crippen molar-refractivity contribution in [2.75, 3.05) is 20.3 Å². The number of methoxy groups -OCH3 is 1. The Kier molecular flexibility index (Phi) is 7.44. The van der Waals surface area contributed by atoms with Crippen LogP contribution >= 0.6 is 22.9 Å². The van der Waals surface area contributed by atoms with E-state index in [2.05, 4.69) is 0 Å². The summed E-state index contributed by atoms with van der Waals surface area (Å²) >= 11 is 7.81. The summed E-state index contributed by atoms with van der Waals surface area (Å²) in [7, 11) is 1.62. The van der Waals surface area contributed by atoms with Crippen molar-refractivity contribution in [1.82, 2.24) is 14.7 Å². The number of hydrogen-bond donors (Lipinski definition) is 0. The number of hydrogen-bond acceptors (Lipinski definition) is 5. The van der Waals surface area contributed by atoms with Crippen LogP contribution in [-0.2, 0) is 11.3 Å². The number of nitrogens with zero attached hydrogens (tertiary/aromatic N) is 3. The number of rotatable bonds is 9. The molecule has 2 aromatic carbocycles. The van der Waals surface area contributed by atoms with Crippen molar-refractivity contribution >= 4 is 28.8 Å². The Labute approximate surface area is 201 Å². The van der Waals surface area contributed by atoms with Gasteiger partial charge in [-0.05, 0) is 42.6 Å². The smallest absolute Gasteiger partial charge is 0.264 e. The molecular weight excluding hydrogens is 458 g/mol. The zero-order valence-corrected chi connectivity index (χ0v) is 20.0. The number of para-hydroxylation sites is 2. The predicted octanol–water partition coefficient (Wildman–Crippen LogP) is 5.98. The highest BCUT2D eigenvalue weighted by molar-refractivity contribution is 7.12. The van der Waals surface area contributed by atoms with Crippen LogP contribution in [0.1, 0.15) is 20.9 Å². The van der Waals surface area contributed by atoms with Crippen LogP contribution in [-0.4, -0.2) is 40.8 Å². The van der Waals surface area contributed by atoms with E-state index in [0.717, 1.165) is 16.9 Å². The average molecular weight is 482 g/mol. The molecule has 0 saturated heterocycles. The van der Waals surface area contributed by atoms with Crippen molar-refractivity contribution in [3.63, 3.8) is 0 Å². The average Bonchev–Trinajstić information content (AvgIpc) is 3.47. The van der Waals surface area contributed by atoms with Crippen molar-refractivity contribution in [1.29, 1.82) is 0 Å². The first kappa shape index (κ1) is 23.0. The fourth-order valence-electron chi connectivity index (χ4n) is 3.40. The lowest BCUT2D eigenvalue weighted by molar-refractivity contribution is 0.0684. The molecule has 0 aliphatic carbocycles. The first-order valence-corrected chi connectivity index (χ1v) is 11.7. The Bertz CT molecular complexity index is 1210. The SMILES string of the molecule is COCCN(Cc1c(C)nn(-c2ccccc2)c1Oc1ccccc1Cl)C(=O)c1cccs1. The van der Waals surface area contributed by atoms with Crippen molar-refractivity contribution in [2.24, 2.45) is 0 Å². The van der Waals surface area contributed by atoms with Crippen LogP contribution in [0, 0.1) is 6.92 Å². The molecular formula is C25H24ClN3O3S. The molecule has 33 heavy (non-hydrogen) atoms. The fourth-order valence-corrected chi connectivity index (χ4v) is 4.27. The summed E-state index contributed by atoms with van der Waals surface area (Å²) in [6, 6.07) is 20.7. The van der Waals surface area contributed by atoms with E-state index in [-0.39, 0.29) is 5.91 Å². The molecule has 0 saturated carbocycles. The van der Waals surface area contributed by atoms with Gasteiger partial charge in [-0.1, -0.05) is 48.0 Å². The minimum Gasteiger partial charge on any atom is -0.437 e. The first-order valence-electron chi connectivity index (χ1n) is 10.5. The van der Waals surface area contributed by atoms with Gasteiger partial charge in [-0.25, -0.2) is 4.68 Å². The molecule has 0 spiro atoms. The Hall–Kier alpha value is -3.13. The van der Waals surface area contributed by atoms with E-state index in [9.17, 15) is 4.79 Å². The van der Waals surface area contributed by atoms with E-state index in [1.165, 1.54) is 11.3 Å². The van der Waals surface area contributed by atoms with E-state index in [1.54, 1.807) is 22.8 Å². The van der Waals surface area contributed by atoms with Gasteiger partial charge in [0.25, 0.3) is 5.91 Å². The third kappa shape index (κ3) is 5.27. The first-order chi connectivity index (χ1) is 16.1. The Morgan fingerprint density at radius 3 is 2.55 bits per heavy atom. The van der Waals surface area contributed by atoms with E-state index in [4.69, 9.17) is 26.2 Å². The molecule has 2 aromatic heterocycles. The maximum Gasteiger partial charge on any atom is 0.264 e. The molecule has 0 unspecified atom stereocenters. The van der Waals surface area contributed by atoms with E-state index in [0.29, 0.717) is 41.2 Å². The van der Waals surface area contributed by atoms with Crippen LogP contribution < -0.4 is 4.74 Å². The highest BCUT2D eigenvalue weighted by Gasteiger charge is 2.25. The Balaban J connectivity index is 1.76. The number of amides is 1. The minimum absolute atomic E-state index is 0.0578. The van der Waals surface area contributed by atoms with E-state index >= 15 is 0 Å². The van der Waals surface area contributed by atoms with E-state index < -0.39 is 0 Å². The van der Waals surface area contributed by atoms with Gasteiger partial charge in [0.05, 0.1) is 40.0 Å². The van der Waals surface area contributed by atoms with Gasteiger partial charge in [0.2, 0.25) is 5.88 Å². The summed E-state index contributed by atoms with van der Waals surface area (Å²) in [4.78, 5) is 15.7. The zero-order chi connectivity index (χ0) is 23.2. The Morgan fingerprint density at radius 2 is 1.85 bits per heavy atom. The summed E-state index contributed by atoms with van der Waals surface area (Å²) in [6.45, 7) is 3.09. The molecule has 170 valence electrons. The second kappa shape index (κ2) is 10.7. The summed E-state index contributed by atoms with van der Waals surface area (Å²) in [6.07, 6.45) is 0. The predicted molar refractivity (Wildman–Crippen MR) is 131 cm³/mol. The highest BCUT2D eigenvalue weighted by Crippen LogP contribution is 2.35. The molecule has 0 N–H and O–H groups in total. The van der Waals surface area contributed by atoms with Gasteiger partial charge in [0, 0.05) is 13.7 Å². The molecule has 0 aliphatic rings. The van der Waals surface area contributed by atoms with Crippen LogP contribution in [0.25, 0.3) is 5.69 Å². The highest BCUT2D eigenvalue weighted by atomic mass is 35.5. The molecule has 4 rings (SSSR count). The largest absolute Gasteiger partial charge is 0.437 e. The van der Waals surface area contributed by atoms with Gasteiger partial charge in [-0.15, -0.1) is 11.3 Å². The van der Waals surface area contributed by atoms with Gasteiger partial charge < -0.3 is 14.4 Å².